The number of ether oxygens (including phenoxy) is 8. The molecular formula is C45H81N3O14. The van der Waals surface area contributed by atoms with Gasteiger partial charge in [-0.25, -0.2) is 0 Å². The van der Waals surface area contributed by atoms with E-state index in [0.29, 0.717) is 132 Å². The molecule has 0 aromatic carbocycles. The molecule has 1 rings (SSSR count). The summed E-state index contributed by atoms with van der Waals surface area (Å²) in [6.45, 7) is 8.01. The third-order valence-corrected chi connectivity index (χ3v) is 9.75. The minimum absolute atomic E-state index is 0.0492. The van der Waals surface area contributed by atoms with Gasteiger partial charge in [0, 0.05) is 51.0 Å². The molecule has 0 aromatic rings. The third kappa shape index (κ3) is 39.8. The molecular weight excluding hydrogens is 807 g/mol. The van der Waals surface area contributed by atoms with Crippen LogP contribution in [0.3, 0.4) is 0 Å². The number of carbonyl (C=O) groups excluding carboxylic acids is 4. The average molecular weight is 888 g/mol. The van der Waals surface area contributed by atoms with E-state index in [2.05, 4.69) is 10.6 Å². The molecule has 360 valence electrons. The highest BCUT2D eigenvalue weighted by atomic mass is 16.6. The lowest BCUT2D eigenvalue weighted by atomic mass is 10.0. The van der Waals surface area contributed by atoms with E-state index in [1.807, 2.05) is 0 Å². The molecule has 0 bridgehead atoms. The summed E-state index contributed by atoms with van der Waals surface area (Å²) in [5, 5.41) is 14.3. The SMILES string of the molecule is O=C(O)CCCCCCCCCCCCCCCCCCC(=O)NCCOCCOCCOCCOCCOCCOCCOCCOCCNC(=O)CCN1C(=O)C=CC1=O. The summed E-state index contributed by atoms with van der Waals surface area (Å²) in [5.74, 6) is -1.65. The minimum Gasteiger partial charge on any atom is -0.481 e. The lowest BCUT2D eigenvalue weighted by Gasteiger charge is -2.13. The van der Waals surface area contributed by atoms with Crippen LogP contribution in [0.2, 0.25) is 0 Å². The number of hydrogen-bond acceptors (Lipinski definition) is 13. The number of aliphatic carboxylic acids is 1. The van der Waals surface area contributed by atoms with Gasteiger partial charge in [0.2, 0.25) is 11.8 Å². The first kappa shape index (κ1) is 57.0. The second-order valence-corrected chi connectivity index (χ2v) is 15.1. The van der Waals surface area contributed by atoms with E-state index in [9.17, 15) is 24.0 Å². The number of hydrogen-bond donors (Lipinski definition) is 3. The van der Waals surface area contributed by atoms with Crippen molar-refractivity contribution in [3.8, 4) is 0 Å². The molecule has 0 atom stereocenters. The van der Waals surface area contributed by atoms with Gasteiger partial charge in [-0.15, -0.1) is 0 Å². The monoisotopic (exact) mass is 888 g/mol. The predicted molar refractivity (Wildman–Crippen MR) is 234 cm³/mol. The van der Waals surface area contributed by atoms with Gasteiger partial charge in [-0.3, -0.25) is 28.9 Å². The van der Waals surface area contributed by atoms with Crippen LogP contribution >= 0.6 is 0 Å². The summed E-state index contributed by atoms with van der Waals surface area (Å²) in [7, 11) is 0. The van der Waals surface area contributed by atoms with E-state index >= 15 is 0 Å². The molecule has 3 N–H and O–H groups in total. The van der Waals surface area contributed by atoms with Gasteiger partial charge in [-0.1, -0.05) is 89.9 Å². The van der Waals surface area contributed by atoms with Gasteiger partial charge in [-0.05, 0) is 12.8 Å². The van der Waals surface area contributed by atoms with Crippen LogP contribution in [-0.4, -0.2) is 165 Å². The van der Waals surface area contributed by atoms with Crippen molar-refractivity contribution >= 4 is 29.6 Å². The fraction of sp³-hybridized carbons (Fsp3) is 0.844. The average Bonchev–Trinajstić information content (AvgIpc) is 3.58. The fourth-order valence-corrected chi connectivity index (χ4v) is 6.24. The molecule has 0 saturated heterocycles. The predicted octanol–water partition coefficient (Wildman–Crippen LogP) is 4.77. The molecule has 1 aliphatic rings. The first-order valence-corrected chi connectivity index (χ1v) is 23.3. The fourth-order valence-electron chi connectivity index (χ4n) is 6.24. The molecule has 1 aliphatic heterocycles. The zero-order valence-electron chi connectivity index (χ0n) is 37.7. The Kier molecular flexibility index (Phi) is 41.0. The topological polar surface area (TPSA) is 207 Å². The molecule has 0 unspecified atom stereocenters. The number of rotatable bonds is 49. The molecule has 0 aromatic heterocycles. The van der Waals surface area contributed by atoms with Crippen molar-refractivity contribution in [2.45, 2.75) is 122 Å². The largest absolute Gasteiger partial charge is 0.481 e. The van der Waals surface area contributed by atoms with Gasteiger partial charge < -0.3 is 53.6 Å². The van der Waals surface area contributed by atoms with Crippen molar-refractivity contribution in [3.05, 3.63) is 12.2 Å². The third-order valence-electron chi connectivity index (χ3n) is 9.75. The van der Waals surface area contributed by atoms with Gasteiger partial charge in [0.25, 0.3) is 11.8 Å². The van der Waals surface area contributed by atoms with Gasteiger partial charge >= 0.3 is 5.97 Å². The maximum absolute atomic E-state index is 12.0. The van der Waals surface area contributed by atoms with E-state index in [-0.39, 0.29) is 24.8 Å². The van der Waals surface area contributed by atoms with Crippen molar-refractivity contribution in [2.24, 2.45) is 0 Å². The number of nitrogens with zero attached hydrogens (tertiary/aromatic N) is 1. The zero-order valence-corrected chi connectivity index (χ0v) is 37.7. The summed E-state index contributed by atoms with van der Waals surface area (Å²) in [6, 6.07) is 0. The molecule has 17 nitrogen and oxygen atoms in total. The van der Waals surface area contributed by atoms with Crippen molar-refractivity contribution < 1.29 is 67.0 Å². The molecule has 4 amide bonds. The van der Waals surface area contributed by atoms with Crippen molar-refractivity contribution in [2.75, 3.05) is 125 Å². The number of imide groups is 1. The number of carboxylic acids is 1. The van der Waals surface area contributed by atoms with Gasteiger partial charge in [-0.2, -0.15) is 0 Å². The lowest BCUT2D eigenvalue weighted by Crippen LogP contribution is -2.35. The zero-order chi connectivity index (χ0) is 44.8. The number of amides is 4. The van der Waals surface area contributed by atoms with Crippen LogP contribution in [0.4, 0.5) is 0 Å². The Bertz CT molecular complexity index is 1130. The van der Waals surface area contributed by atoms with Crippen molar-refractivity contribution in [1.29, 1.82) is 0 Å². The molecule has 1 heterocycles. The normalized spacial score (nSPS) is 12.5. The van der Waals surface area contributed by atoms with E-state index in [1.54, 1.807) is 0 Å². The quantitative estimate of drug-likeness (QED) is 0.0556. The van der Waals surface area contributed by atoms with E-state index in [4.69, 9.17) is 43.0 Å². The first-order valence-electron chi connectivity index (χ1n) is 23.3. The molecule has 0 saturated carbocycles. The van der Waals surface area contributed by atoms with Gasteiger partial charge in [0.15, 0.2) is 0 Å². The van der Waals surface area contributed by atoms with E-state index in [1.165, 1.54) is 82.8 Å². The Hall–Kier alpha value is -3.03. The number of carboxylic acid groups (broad SMARTS) is 1. The lowest BCUT2D eigenvalue weighted by molar-refractivity contribution is -0.138. The highest BCUT2D eigenvalue weighted by Crippen LogP contribution is 2.14. The molecule has 17 heteroatoms. The Morgan fingerprint density at radius 2 is 0.645 bits per heavy atom. The standard InChI is InChI=1S/C45H81N3O14/c49-41(17-15-13-11-9-7-5-3-1-2-4-6-8-10-12-14-16-18-45(53)54)46-22-25-55-27-29-57-31-33-59-35-37-61-39-40-62-38-36-60-34-32-58-30-28-56-26-23-47-42(50)21-24-48-43(51)19-20-44(48)52/h19-20H,1-18,21-40H2,(H,46,49)(H,47,50)(H,53,54). The van der Waals surface area contributed by atoms with Crippen LogP contribution in [0.5, 0.6) is 0 Å². The van der Waals surface area contributed by atoms with Crippen LogP contribution in [0, 0.1) is 0 Å². The van der Waals surface area contributed by atoms with Gasteiger partial charge in [0.05, 0.1) is 106 Å². The summed E-state index contributed by atoms with van der Waals surface area (Å²) < 4.78 is 43.8. The van der Waals surface area contributed by atoms with Crippen molar-refractivity contribution in [1.82, 2.24) is 15.5 Å². The Balaban J connectivity index is 1.66. The Morgan fingerprint density at radius 3 is 0.952 bits per heavy atom. The van der Waals surface area contributed by atoms with Crippen molar-refractivity contribution in [3.63, 3.8) is 0 Å². The molecule has 0 fully saturated rings. The summed E-state index contributed by atoms with van der Waals surface area (Å²) in [5.41, 5.74) is 0. The first-order chi connectivity index (χ1) is 30.4. The molecule has 0 aliphatic carbocycles. The molecule has 0 radical (unpaired) electrons. The van der Waals surface area contributed by atoms with Crippen LogP contribution in [-0.2, 0) is 61.9 Å². The Labute approximate surface area is 370 Å². The smallest absolute Gasteiger partial charge is 0.303 e. The van der Waals surface area contributed by atoms with Crippen LogP contribution in [0.25, 0.3) is 0 Å². The molecule has 62 heavy (non-hydrogen) atoms. The number of nitrogens with one attached hydrogen (secondary N) is 2. The second kappa shape index (κ2) is 44.6. The maximum Gasteiger partial charge on any atom is 0.303 e. The maximum atomic E-state index is 12.0. The van der Waals surface area contributed by atoms with E-state index < -0.39 is 17.8 Å². The van der Waals surface area contributed by atoms with Crippen LogP contribution < -0.4 is 10.6 Å². The summed E-state index contributed by atoms with van der Waals surface area (Å²) in [4.78, 5) is 58.3. The minimum atomic E-state index is -0.682. The molecule has 0 spiro atoms. The van der Waals surface area contributed by atoms with Gasteiger partial charge in [0.1, 0.15) is 0 Å². The number of carbonyl (C=O) groups is 5. The Morgan fingerprint density at radius 1 is 0.387 bits per heavy atom. The summed E-state index contributed by atoms with van der Waals surface area (Å²) >= 11 is 0. The van der Waals surface area contributed by atoms with Crippen LogP contribution in [0.1, 0.15) is 122 Å². The summed E-state index contributed by atoms with van der Waals surface area (Å²) in [6.07, 6.45) is 22.5. The highest BCUT2D eigenvalue weighted by Gasteiger charge is 2.23. The van der Waals surface area contributed by atoms with Crippen LogP contribution in [0.15, 0.2) is 12.2 Å². The highest BCUT2D eigenvalue weighted by molar-refractivity contribution is 6.13. The number of unbranched alkanes of at least 4 members (excludes halogenated alkanes) is 15. The van der Waals surface area contributed by atoms with E-state index in [0.717, 1.165) is 37.0 Å². The second-order valence-electron chi connectivity index (χ2n) is 15.1.